The highest BCUT2D eigenvalue weighted by Gasteiger charge is 2.26. The summed E-state index contributed by atoms with van der Waals surface area (Å²) < 4.78 is 16.8. The average Bonchev–Trinajstić information content (AvgIpc) is 2.70. The molecule has 0 bridgehead atoms. The van der Waals surface area contributed by atoms with Gasteiger partial charge in [0.15, 0.2) is 11.5 Å². The van der Waals surface area contributed by atoms with Gasteiger partial charge in [-0.05, 0) is 17.5 Å². The van der Waals surface area contributed by atoms with Crippen molar-refractivity contribution in [1.29, 1.82) is 0 Å². The number of nitrogens with two attached hydrogens (primary N) is 1. The zero-order valence-corrected chi connectivity index (χ0v) is 17.2. The minimum absolute atomic E-state index is 0. The van der Waals surface area contributed by atoms with Crippen molar-refractivity contribution in [2.45, 2.75) is 39.0 Å². The van der Waals surface area contributed by atoms with Crippen molar-refractivity contribution in [2.24, 2.45) is 11.7 Å². The number of rotatable bonds is 9. The van der Waals surface area contributed by atoms with Crippen LogP contribution in [0.4, 0.5) is 0 Å². The van der Waals surface area contributed by atoms with Gasteiger partial charge in [-0.3, -0.25) is 0 Å². The van der Waals surface area contributed by atoms with Crippen molar-refractivity contribution in [3.05, 3.63) is 53.6 Å². The summed E-state index contributed by atoms with van der Waals surface area (Å²) in [6.07, 6.45) is 0.153. The molecule has 2 rings (SSSR count). The molecular formula is C21H30ClNO4. The molecule has 3 N–H and O–H groups in total. The molecule has 150 valence electrons. The molecule has 2 aromatic rings. The molecule has 1 unspecified atom stereocenters. The third-order valence-electron chi connectivity index (χ3n) is 4.71. The molecule has 0 radical (unpaired) electrons. The largest absolute Gasteiger partial charge is 0.493 e. The summed E-state index contributed by atoms with van der Waals surface area (Å²) >= 11 is 0. The minimum Gasteiger partial charge on any atom is -0.493 e. The SMILES string of the molecule is CCC(C)[C@@H](O)[C@@H](N)c1cc(OC)c(OC)cc1OCc1ccccc1.Cl. The third-order valence-corrected chi connectivity index (χ3v) is 4.71. The van der Waals surface area contributed by atoms with Gasteiger partial charge in [0.2, 0.25) is 0 Å². The van der Waals surface area contributed by atoms with Gasteiger partial charge in [0, 0.05) is 11.6 Å². The Morgan fingerprint density at radius 2 is 1.59 bits per heavy atom. The Bertz CT molecular complexity index is 696. The van der Waals surface area contributed by atoms with Crippen LogP contribution in [0.3, 0.4) is 0 Å². The van der Waals surface area contributed by atoms with Crippen molar-refractivity contribution in [3.63, 3.8) is 0 Å². The molecule has 27 heavy (non-hydrogen) atoms. The molecular weight excluding hydrogens is 366 g/mol. The number of hydrogen-bond acceptors (Lipinski definition) is 5. The second-order valence-electron chi connectivity index (χ2n) is 6.42. The number of methoxy groups -OCH3 is 2. The summed E-state index contributed by atoms with van der Waals surface area (Å²) in [5, 5.41) is 10.6. The van der Waals surface area contributed by atoms with Gasteiger partial charge in [-0.25, -0.2) is 0 Å². The van der Waals surface area contributed by atoms with E-state index in [4.69, 9.17) is 19.9 Å². The van der Waals surface area contributed by atoms with Crippen molar-refractivity contribution >= 4 is 12.4 Å². The lowest BCUT2D eigenvalue weighted by molar-refractivity contribution is 0.0865. The van der Waals surface area contributed by atoms with Crippen LogP contribution in [-0.4, -0.2) is 25.4 Å². The average molecular weight is 396 g/mol. The Labute approximate surface area is 167 Å². The highest BCUT2D eigenvalue weighted by molar-refractivity contribution is 5.85. The summed E-state index contributed by atoms with van der Waals surface area (Å²) in [5.41, 5.74) is 8.12. The number of ether oxygens (including phenoxy) is 3. The standard InChI is InChI=1S/C21H29NO4.ClH/c1-5-14(2)21(23)20(22)16-11-18(24-3)19(25-4)12-17(16)26-13-15-9-7-6-8-10-15;/h6-12,14,20-21,23H,5,13,22H2,1-4H3;1H/t14?,20-,21+;/m0./s1. The summed E-state index contributed by atoms with van der Waals surface area (Å²) in [7, 11) is 3.15. The maximum atomic E-state index is 10.6. The van der Waals surface area contributed by atoms with Gasteiger partial charge >= 0.3 is 0 Å². The fraction of sp³-hybridized carbons (Fsp3) is 0.429. The molecule has 6 heteroatoms. The van der Waals surface area contributed by atoms with Crippen LogP contribution in [-0.2, 0) is 6.61 Å². The molecule has 2 aromatic carbocycles. The van der Waals surface area contributed by atoms with Gasteiger partial charge in [-0.1, -0.05) is 50.6 Å². The smallest absolute Gasteiger partial charge is 0.164 e. The maximum Gasteiger partial charge on any atom is 0.164 e. The van der Waals surface area contributed by atoms with Crippen LogP contribution in [0.15, 0.2) is 42.5 Å². The van der Waals surface area contributed by atoms with Crippen LogP contribution in [0.5, 0.6) is 17.2 Å². The van der Waals surface area contributed by atoms with E-state index < -0.39 is 12.1 Å². The van der Waals surface area contributed by atoms with E-state index in [1.807, 2.05) is 44.2 Å². The lowest BCUT2D eigenvalue weighted by Gasteiger charge is -2.26. The summed E-state index contributed by atoms with van der Waals surface area (Å²) in [6.45, 7) is 4.41. The predicted octanol–water partition coefficient (Wildman–Crippen LogP) is 4.11. The predicted molar refractivity (Wildman–Crippen MR) is 110 cm³/mol. The summed E-state index contributed by atoms with van der Waals surface area (Å²) in [4.78, 5) is 0. The van der Waals surface area contributed by atoms with E-state index in [9.17, 15) is 5.11 Å². The van der Waals surface area contributed by atoms with E-state index in [-0.39, 0.29) is 18.3 Å². The van der Waals surface area contributed by atoms with Crippen LogP contribution in [0, 0.1) is 5.92 Å². The topological polar surface area (TPSA) is 73.9 Å². The van der Waals surface area contributed by atoms with Crippen molar-refractivity contribution in [1.82, 2.24) is 0 Å². The maximum absolute atomic E-state index is 10.6. The first-order valence-corrected chi connectivity index (χ1v) is 8.88. The Morgan fingerprint density at radius 3 is 2.15 bits per heavy atom. The van der Waals surface area contributed by atoms with E-state index in [2.05, 4.69) is 0 Å². The molecule has 0 saturated carbocycles. The normalized spacial score (nSPS) is 13.9. The Kier molecular flexibility index (Phi) is 9.43. The van der Waals surface area contributed by atoms with Gasteiger partial charge in [0.1, 0.15) is 12.4 Å². The van der Waals surface area contributed by atoms with E-state index in [1.54, 1.807) is 26.4 Å². The Morgan fingerprint density at radius 1 is 1.00 bits per heavy atom. The first-order chi connectivity index (χ1) is 12.5. The highest BCUT2D eigenvalue weighted by Crippen LogP contribution is 2.39. The van der Waals surface area contributed by atoms with E-state index in [0.717, 1.165) is 12.0 Å². The van der Waals surface area contributed by atoms with E-state index >= 15 is 0 Å². The van der Waals surface area contributed by atoms with Crippen LogP contribution < -0.4 is 19.9 Å². The van der Waals surface area contributed by atoms with Crippen LogP contribution in [0.2, 0.25) is 0 Å². The molecule has 0 heterocycles. The minimum atomic E-state index is -0.683. The van der Waals surface area contributed by atoms with Crippen molar-refractivity contribution in [3.8, 4) is 17.2 Å². The highest BCUT2D eigenvalue weighted by atomic mass is 35.5. The number of aliphatic hydroxyl groups excluding tert-OH is 1. The van der Waals surface area contributed by atoms with E-state index in [0.29, 0.717) is 29.4 Å². The Hall–Kier alpha value is -1.95. The first kappa shape index (κ1) is 23.1. The van der Waals surface area contributed by atoms with Crippen LogP contribution >= 0.6 is 12.4 Å². The van der Waals surface area contributed by atoms with Gasteiger partial charge < -0.3 is 25.1 Å². The fourth-order valence-electron chi connectivity index (χ4n) is 2.78. The summed E-state index contributed by atoms with van der Waals surface area (Å²) in [6, 6.07) is 12.8. The van der Waals surface area contributed by atoms with Gasteiger partial charge in [-0.15, -0.1) is 12.4 Å². The third kappa shape index (κ3) is 5.76. The fourth-order valence-corrected chi connectivity index (χ4v) is 2.78. The van der Waals surface area contributed by atoms with Gasteiger partial charge in [-0.2, -0.15) is 0 Å². The molecule has 0 aliphatic carbocycles. The molecule has 0 spiro atoms. The lowest BCUT2D eigenvalue weighted by Crippen LogP contribution is -2.32. The molecule has 0 saturated heterocycles. The monoisotopic (exact) mass is 395 g/mol. The number of benzene rings is 2. The van der Waals surface area contributed by atoms with Crippen LogP contribution in [0.1, 0.15) is 37.4 Å². The number of halogens is 1. The van der Waals surface area contributed by atoms with Gasteiger partial charge in [0.05, 0.1) is 26.4 Å². The van der Waals surface area contributed by atoms with Gasteiger partial charge in [0.25, 0.3) is 0 Å². The lowest BCUT2D eigenvalue weighted by atomic mass is 9.91. The van der Waals surface area contributed by atoms with Crippen molar-refractivity contribution < 1.29 is 19.3 Å². The molecule has 5 nitrogen and oxygen atoms in total. The molecule has 0 fully saturated rings. The quantitative estimate of drug-likeness (QED) is 0.668. The van der Waals surface area contributed by atoms with E-state index in [1.165, 1.54) is 0 Å². The molecule has 0 aliphatic heterocycles. The number of hydrogen-bond donors (Lipinski definition) is 2. The molecule has 3 atom stereocenters. The summed E-state index contributed by atoms with van der Waals surface area (Å²) in [5.74, 6) is 1.77. The van der Waals surface area contributed by atoms with Crippen molar-refractivity contribution in [2.75, 3.05) is 14.2 Å². The molecule has 0 amide bonds. The van der Waals surface area contributed by atoms with Crippen LogP contribution in [0.25, 0.3) is 0 Å². The second-order valence-corrected chi connectivity index (χ2v) is 6.42. The number of aliphatic hydroxyl groups is 1. The molecule has 0 aromatic heterocycles. The zero-order chi connectivity index (χ0) is 19.1. The second kappa shape index (κ2) is 11.0. The zero-order valence-electron chi connectivity index (χ0n) is 16.3. The molecule has 0 aliphatic rings. The Balaban J connectivity index is 0.00000364. The first-order valence-electron chi connectivity index (χ1n) is 8.88.